The molecule has 0 unspecified atom stereocenters. The van der Waals surface area contributed by atoms with Gasteiger partial charge in [-0.3, -0.25) is 24.1 Å². The number of amides is 3. The van der Waals surface area contributed by atoms with Crippen molar-refractivity contribution in [3.63, 3.8) is 0 Å². The second kappa shape index (κ2) is 17.7. The van der Waals surface area contributed by atoms with Gasteiger partial charge in [-0.2, -0.15) is 0 Å². The molecule has 1 fully saturated rings. The summed E-state index contributed by atoms with van der Waals surface area (Å²) in [6.45, 7) is 5.25. The summed E-state index contributed by atoms with van der Waals surface area (Å²) in [5.41, 5.74) is 1.80. The lowest BCUT2D eigenvalue weighted by molar-refractivity contribution is -0.159. The van der Waals surface area contributed by atoms with Gasteiger partial charge in [-0.1, -0.05) is 79.9 Å². The molecule has 0 bridgehead atoms. The predicted octanol–water partition coefficient (Wildman–Crippen LogP) is 4.89. The first-order valence-corrected chi connectivity index (χ1v) is 18.7. The zero-order valence-corrected chi connectivity index (χ0v) is 31.8. The fourth-order valence-corrected chi connectivity index (χ4v) is 7.31. The minimum atomic E-state index is -1.46. The van der Waals surface area contributed by atoms with Crippen LogP contribution in [0.15, 0.2) is 72.9 Å². The van der Waals surface area contributed by atoms with Crippen molar-refractivity contribution in [1.82, 2.24) is 25.8 Å². The first-order chi connectivity index (χ1) is 25.7. The van der Waals surface area contributed by atoms with Crippen LogP contribution < -0.4 is 16.0 Å². The fraction of sp³-hybridized carbons (Fsp3) is 0.452. The van der Waals surface area contributed by atoms with Gasteiger partial charge in [-0.25, -0.2) is 4.79 Å². The Labute approximate surface area is 316 Å². The van der Waals surface area contributed by atoms with Gasteiger partial charge in [0.05, 0.1) is 12.5 Å². The Morgan fingerprint density at radius 2 is 1.43 bits per heavy atom. The molecule has 1 heterocycles. The molecule has 3 aromatic carbocycles. The van der Waals surface area contributed by atoms with E-state index in [1.165, 1.54) is 0 Å². The number of rotatable bonds is 15. The number of likely N-dealkylation sites (N-methyl/N-ethyl adjacent to an activating group) is 1. The van der Waals surface area contributed by atoms with Crippen LogP contribution in [-0.4, -0.2) is 88.5 Å². The molecule has 4 atom stereocenters. The van der Waals surface area contributed by atoms with Crippen molar-refractivity contribution in [2.45, 2.75) is 102 Å². The molecule has 0 spiro atoms. The number of aliphatic carboxylic acids is 1. The number of benzene rings is 3. The molecule has 1 aliphatic carbocycles. The smallest absolute Gasteiger partial charge is 0.329 e. The SMILES string of the molecule is CN(C)[C@@H](Cc1cccc2ccccc12)C(=O)N[C@@H](CC(=O)O)C(=O)N[C@H](C(=O)N[C@@H](Cc1c[nH]c2ccccc12)C(=O)OC(C)(C)C)C1CCCCC1. The molecule has 1 aliphatic rings. The van der Waals surface area contributed by atoms with E-state index < -0.39 is 65.8 Å². The summed E-state index contributed by atoms with van der Waals surface area (Å²) in [5, 5.41) is 21.2. The third-order valence-corrected chi connectivity index (χ3v) is 10.0. The Hall–Kier alpha value is -5.23. The number of hydrogen-bond acceptors (Lipinski definition) is 7. The fourth-order valence-electron chi connectivity index (χ4n) is 7.31. The molecule has 1 saturated carbocycles. The summed E-state index contributed by atoms with van der Waals surface area (Å²) < 4.78 is 5.73. The number of nitrogens with zero attached hydrogens (tertiary/aromatic N) is 1. The molecule has 5 rings (SSSR count). The number of aromatic nitrogens is 1. The van der Waals surface area contributed by atoms with Gasteiger partial charge in [-0.15, -0.1) is 0 Å². The third-order valence-electron chi connectivity index (χ3n) is 10.0. The number of aromatic amines is 1. The van der Waals surface area contributed by atoms with E-state index in [0.717, 1.165) is 52.1 Å². The second-order valence-corrected chi connectivity index (χ2v) is 15.5. The average Bonchev–Trinajstić information content (AvgIpc) is 3.54. The molecule has 1 aromatic heterocycles. The lowest BCUT2D eigenvalue weighted by atomic mass is 9.83. The van der Waals surface area contributed by atoms with E-state index in [1.54, 1.807) is 46.0 Å². The number of ether oxygens (including phenoxy) is 1. The topological polar surface area (TPSA) is 170 Å². The highest BCUT2D eigenvalue weighted by atomic mass is 16.6. The molecule has 12 heteroatoms. The number of hydrogen-bond donors (Lipinski definition) is 5. The Morgan fingerprint density at radius 3 is 2.11 bits per heavy atom. The monoisotopic (exact) mass is 739 g/mol. The first-order valence-electron chi connectivity index (χ1n) is 18.7. The zero-order chi connectivity index (χ0) is 39.0. The van der Waals surface area contributed by atoms with E-state index in [4.69, 9.17) is 4.74 Å². The zero-order valence-electron chi connectivity index (χ0n) is 31.8. The van der Waals surface area contributed by atoms with E-state index in [2.05, 4.69) is 20.9 Å². The van der Waals surface area contributed by atoms with Crippen LogP contribution in [0.25, 0.3) is 21.7 Å². The summed E-state index contributed by atoms with van der Waals surface area (Å²) in [5.74, 6) is -4.05. The maximum absolute atomic E-state index is 14.3. The molecule has 0 aliphatic heterocycles. The van der Waals surface area contributed by atoms with Gasteiger partial charge in [0.1, 0.15) is 23.7 Å². The molecule has 4 aromatic rings. The van der Waals surface area contributed by atoms with E-state index >= 15 is 0 Å². The van der Waals surface area contributed by atoms with Gasteiger partial charge in [0.25, 0.3) is 0 Å². The number of carboxylic acids is 1. The summed E-state index contributed by atoms with van der Waals surface area (Å²) in [7, 11) is 3.50. The van der Waals surface area contributed by atoms with E-state index in [9.17, 15) is 29.1 Å². The number of H-pyrrole nitrogens is 1. The van der Waals surface area contributed by atoms with Gasteiger partial charge in [0.15, 0.2) is 0 Å². The van der Waals surface area contributed by atoms with Crippen LogP contribution in [-0.2, 0) is 41.6 Å². The van der Waals surface area contributed by atoms with Gasteiger partial charge in [0, 0.05) is 23.5 Å². The van der Waals surface area contributed by atoms with Crippen molar-refractivity contribution >= 4 is 51.3 Å². The number of carbonyl (C=O) groups excluding carboxylic acids is 4. The number of nitrogens with one attached hydrogen (secondary N) is 4. The summed E-state index contributed by atoms with van der Waals surface area (Å²) in [4.78, 5) is 72.8. The van der Waals surface area contributed by atoms with Crippen LogP contribution in [0, 0.1) is 5.92 Å². The Balaban J connectivity index is 1.37. The maximum atomic E-state index is 14.3. The highest BCUT2D eigenvalue weighted by molar-refractivity contribution is 5.96. The number of carboxylic acid groups (broad SMARTS) is 1. The quantitative estimate of drug-likeness (QED) is 0.107. The molecule has 288 valence electrons. The van der Waals surface area contributed by atoms with E-state index in [-0.39, 0.29) is 12.3 Å². The van der Waals surface area contributed by atoms with Gasteiger partial charge in [-0.05, 0) is 88.0 Å². The van der Waals surface area contributed by atoms with Crippen molar-refractivity contribution in [2.24, 2.45) is 5.92 Å². The van der Waals surface area contributed by atoms with Crippen molar-refractivity contribution in [3.05, 3.63) is 84.1 Å². The van der Waals surface area contributed by atoms with Crippen LogP contribution in [0.4, 0.5) is 0 Å². The number of para-hydroxylation sites is 1. The maximum Gasteiger partial charge on any atom is 0.329 e. The minimum Gasteiger partial charge on any atom is -0.481 e. The molecule has 0 saturated heterocycles. The first kappa shape index (κ1) is 40.0. The largest absolute Gasteiger partial charge is 0.481 e. The second-order valence-electron chi connectivity index (χ2n) is 15.5. The molecule has 54 heavy (non-hydrogen) atoms. The number of esters is 1. The van der Waals surface area contributed by atoms with E-state index in [1.807, 2.05) is 66.7 Å². The molecule has 0 radical (unpaired) electrons. The molecular weight excluding hydrogens is 686 g/mol. The van der Waals surface area contributed by atoms with Gasteiger partial charge >= 0.3 is 11.9 Å². The Morgan fingerprint density at radius 1 is 0.778 bits per heavy atom. The highest BCUT2D eigenvalue weighted by Crippen LogP contribution is 2.28. The number of fused-ring (bicyclic) bond motifs is 2. The lowest BCUT2D eigenvalue weighted by Gasteiger charge is -2.33. The Bertz CT molecular complexity index is 1950. The van der Waals surface area contributed by atoms with Crippen LogP contribution in [0.2, 0.25) is 0 Å². The lowest BCUT2D eigenvalue weighted by Crippen LogP contribution is -2.60. The summed E-state index contributed by atoms with van der Waals surface area (Å²) in [6, 6.07) is 17.0. The predicted molar refractivity (Wildman–Crippen MR) is 208 cm³/mol. The van der Waals surface area contributed by atoms with E-state index in [0.29, 0.717) is 19.3 Å². The van der Waals surface area contributed by atoms with Crippen LogP contribution in [0.3, 0.4) is 0 Å². The van der Waals surface area contributed by atoms with Crippen molar-refractivity contribution in [1.29, 1.82) is 0 Å². The van der Waals surface area contributed by atoms with Crippen molar-refractivity contribution in [3.8, 4) is 0 Å². The summed E-state index contributed by atoms with van der Waals surface area (Å²) >= 11 is 0. The molecule has 5 N–H and O–H groups in total. The normalized spacial score (nSPS) is 16.0. The molecule has 12 nitrogen and oxygen atoms in total. The van der Waals surface area contributed by atoms with Crippen LogP contribution in [0.5, 0.6) is 0 Å². The molecular formula is C42H53N5O7. The van der Waals surface area contributed by atoms with Crippen molar-refractivity contribution in [2.75, 3.05) is 14.1 Å². The number of carbonyl (C=O) groups is 5. The third kappa shape index (κ3) is 10.5. The standard InChI is InChI=1S/C42H53N5O7/c1-42(2,3)54-41(53)34(22-29-25-43-32-21-12-11-20-31(29)32)45-40(52)37(27-15-7-6-8-16-27)46-38(50)33(24-36(48)49)44-39(51)35(47(4)5)23-28-18-13-17-26-14-9-10-19-30(26)28/h9-14,17-21,25,27,33-35,37,43H,6-8,15-16,22-24H2,1-5H3,(H,44,51)(H,45,52)(H,46,50)(H,48,49)/t33-,34-,35-,37-/m0/s1. The molecule has 3 amide bonds. The van der Waals surface area contributed by atoms with Crippen LogP contribution >= 0.6 is 0 Å². The van der Waals surface area contributed by atoms with Crippen molar-refractivity contribution < 1.29 is 33.8 Å². The average molecular weight is 740 g/mol. The summed E-state index contributed by atoms with van der Waals surface area (Å²) in [6.07, 6.45) is 5.56. The van der Waals surface area contributed by atoms with Gasteiger partial charge in [0.2, 0.25) is 17.7 Å². The Kier molecular flexibility index (Phi) is 13.1. The van der Waals surface area contributed by atoms with Crippen LogP contribution in [0.1, 0.15) is 70.4 Å². The minimum absolute atomic E-state index is 0.135. The van der Waals surface area contributed by atoms with Gasteiger partial charge < -0.3 is 30.8 Å². The highest BCUT2D eigenvalue weighted by Gasteiger charge is 2.37.